The van der Waals surface area contributed by atoms with Crippen LogP contribution in [0.5, 0.6) is 0 Å². The highest BCUT2D eigenvalue weighted by molar-refractivity contribution is 6.04. The molecule has 3 aromatic rings. The highest BCUT2D eigenvalue weighted by Gasteiger charge is 2.48. The van der Waals surface area contributed by atoms with Crippen molar-refractivity contribution in [1.82, 2.24) is 0 Å². The third-order valence-electron chi connectivity index (χ3n) is 7.96. The van der Waals surface area contributed by atoms with Crippen LogP contribution in [-0.4, -0.2) is 18.4 Å². The first-order chi connectivity index (χ1) is 16.8. The minimum Gasteiger partial charge on any atom is -0.461 e. The first kappa shape index (κ1) is 24.9. The maximum atomic E-state index is 14.1. The molecule has 1 fully saturated rings. The van der Waals surface area contributed by atoms with Crippen LogP contribution in [0.15, 0.2) is 84.9 Å². The summed E-state index contributed by atoms with van der Waals surface area (Å²) in [6.07, 6.45) is 3.37. The molecule has 3 heteroatoms. The second-order valence-electron chi connectivity index (χ2n) is 10.7. The Morgan fingerprint density at radius 1 is 0.857 bits per heavy atom. The van der Waals surface area contributed by atoms with Crippen LogP contribution in [0.3, 0.4) is 0 Å². The van der Waals surface area contributed by atoms with Gasteiger partial charge in [0.05, 0.1) is 0 Å². The molecule has 3 nitrogen and oxygen atoms in total. The molecule has 0 spiro atoms. The third-order valence-corrected chi connectivity index (χ3v) is 7.96. The normalized spacial score (nSPS) is 22.1. The molecule has 0 aliphatic heterocycles. The maximum absolute atomic E-state index is 14.1. The highest BCUT2D eigenvalue weighted by atomic mass is 16.5. The third kappa shape index (κ3) is 4.82. The number of ether oxygens (including phenoxy) is 1. The Labute approximate surface area is 209 Å². The van der Waals surface area contributed by atoms with Gasteiger partial charge in [0.25, 0.3) is 0 Å². The van der Waals surface area contributed by atoms with Crippen LogP contribution < -0.4 is 0 Å². The quantitative estimate of drug-likeness (QED) is 0.217. The standard InChI is InChI=1S/C32H36O3/c1-23-12-11-17-27(20-23)32(22-33,26-15-9-6-10-16-26)30(34)35-29-21-24(2)18-19-28(29)31(3,4)25-13-7-5-8-14-25/h5-17,20,22,24,28-29H,18-19,21H2,1-4H3/t24-,28-,29-,32-/m1/s1. The zero-order valence-electron chi connectivity index (χ0n) is 21.2. The van der Waals surface area contributed by atoms with Crippen LogP contribution in [0.1, 0.15) is 62.3 Å². The van der Waals surface area contributed by atoms with Crippen molar-refractivity contribution in [2.75, 3.05) is 0 Å². The van der Waals surface area contributed by atoms with Crippen molar-refractivity contribution in [3.05, 3.63) is 107 Å². The van der Waals surface area contributed by atoms with E-state index in [-0.39, 0.29) is 17.4 Å². The van der Waals surface area contributed by atoms with E-state index in [1.807, 2.05) is 67.6 Å². The van der Waals surface area contributed by atoms with Crippen LogP contribution in [-0.2, 0) is 25.2 Å². The van der Waals surface area contributed by atoms with Gasteiger partial charge in [0.2, 0.25) is 0 Å². The molecule has 4 rings (SSSR count). The van der Waals surface area contributed by atoms with Gasteiger partial charge in [-0.15, -0.1) is 0 Å². The van der Waals surface area contributed by atoms with Gasteiger partial charge in [0, 0.05) is 5.92 Å². The van der Waals surface area contributed by atoms with Gasteiger partial charge in [-0.25, -0.2) is 0 Å². The first-order valence-electron chi connectivity index (χ1n) is 12.6. The minimum atomic E-state index is -1.50. The number of esters is 1. The lowest BCUT2D eigenvalue weighted by Gasteiger charge is -2.44. The molecule has 1 aliphatic rings. The summed E-state index contributed by atoms with van der Waals surface area (Å²) in [5.41, 5.74) is 1.83. The molecule has 1 aliphatic carbocycles. The Kier molecular flexibility index (Phi) is 7.25. The second kappa shape index (κ2) is 10.2. The van der Waals surface area contributed by atoms with Crippen molar-refractivity contribution >= 4 is 12.3 Å². The molecule has 0 unspecified atom stereocenters. The van der Waals surface area contributed by atoms with Crippen LogP contribution in [0.4, 0.5) is 0 Å². The van der Waals surface area contributed by atoms with Crippen molar-refractivity contribution in [2.45, 2.75) is 63.9 Å². The molecule has 4 atom stereocenters. The number of hydrogen-bond donors (Lipinski definition) is 0. The molecular formula is C32H36O3. The van der Waals surface area contributed by atoms with Gasteiger partial charge in [0.1, 0.15) is 12.4 Å². The van der Waals surface area contributed by atoms with Crippen LogP contribution >= 0.6 is 0 Å². The minimum absolute atomic E-state index is 0.155. The maximum Gasteiger partial charge on any atom is 0.328 e. The van der Waals surface area contributed by atoms with E-state index < -0.39 is 11.4 Å². The summed E-state index contributed by atoms with van der Waals surface area (Å²) in [7, 11) is 0. The largest absolute Gasteiger partial charge is 0.461 e. The lowest BCUT2D eigenvalue weighted by atomic mass is 9.64. The van der Waals surface area contributed by atoms with E-state index in [1.165, 1.54) is 5.56 Å². The number of benzene rings is 3. The number of rotatable bonds is 7. The van der Waals surface area contributed by atoms with E-state index in [0.29, 0.717) is 17.0 Å². The Morgan fingerprint density at radius 2 is 1.46 bits per heavy atom. The Bertz CT molecular complexity index is 1150. The molecule has 0 saturated heterocycles. The van der Waals surface area contributed by atoms with Crippen molar-refractivity contribution in [1.29, 1.82) is 0 Å². The fourth-order valence-corrected chi connectivity index (χ4v) is 5.77. The van der Waals surface area contributed by atoms with E-state index in [9.17, 15) is 9.59 Å². The smallest absolute Gasteiger partial charge is 0.328 e. The molecule has 0 aromatic heterocycles. The summed E-state index contributed by atoms with van der Waals surface area (Å²) in [6.45, 7) is 8.68. The van der Waals surface area contributed by atoms with E-state index in [4.69, 9.17) is 4.74 Å². The molecular weight excluding hydrogens is 432 g/mol. The zero-order chi connectivity index (χ0) is 25.1. The number of hydrogen-bond acceptors (Lipinski definition) is 3. The monoisotopic (exact) mass is 468 g/mol. The summed E-state index contributed by atoms with van der Waals surface area (Å²) >= 11 is 0. The second-order valence-corrected chi connectivity index (χ2v) is 10.7. The van der Waals surface area contributed by atoms with Crippen molar-refractivity contribution in [2.24, 2.45) is 11.8 Å². The SMILES string of the molecule is Cc1cccc([C@](C=O)(C(=O)O[C@@H]2C[C@H](C)CC[C@H]2C(C)(C)c2ccccc2)c2ccccc2)c1. The topological polar surface area (TPSA) is 43.4 Å². The zero-order valence-corrected chi connectivity index (χ0v) is 21.2. The summed E-state index contributed by atoms with van der Waals surface area (Å²) in [5, 5.41) is 0. The predicted octanol–water partition coefficient (Wildman–Crippen LogP) is 6.81. The molecule has 1 saturated carbocycles. The molecule has 0 heterocycles. The lowest BCUT2D eigenvalue weighted by molar-refractivity contribution is -0.162. The van der Waals surface area contributed by atoms with Crippen LogP contribution in [0, 0.1) is 18.8 Å². The average molecular weight is 469 g/mol. The average Bonchev–Trinajstić information content (AvgIpc) is 2.86. The van der Waals surface area contributed by atoms with Gasteiger partial charge >= 0.3 is 5.97 Å². The molecule has 0 bridgehead atoms. The number of carbonyl (C=O) groups excluding carboxylic acids is 2. The molecule has 0 radical (unpaired) electrons. The Balaban J connectivity index is 1.75. The van der Waals surface area contributed by atoms with E-state index in [1.54, 1.807) is 0 Å². The van der Waals surface area contributed by atoms with Crippen LogP contribution in [0.25, 0.3) is 0 Å². The molecule has 0 amide bonds. The van der Waals surface area contributed by atoms with Gasteiger partial charge in [-0.05, 0) is 47.8 Å². The Morgan fingerprint density at radius 3 is 2.06 bits per heavy atom. The number of carbonyl (C=O) groups is 2. The van der Waals surface area contributed by atoms with Gasteiger partial charge in [-0.3, -0.25) is 4.79 Å². The summed E-state index contributed by atoms with van der Waals surface area (Å²) in [4.78, 5) is 27.0. The van der Waals surface area contributed by atoms with Crippen molar-refractivity contribution < 1.29 is 14.3 Å². The summed E-state index contributed by atoms with van der Waals surface area (Å²) < 4.78 is 6.42. The van der Waals surface area contributed by atoms with E-state index >= 15 is 0 Å². The van der Waals surface area contributed by atoms with Crippen molar-refractivity contribution in [3.63, 3.8) is 0 Å². The fourth-order valence-electron chi connectivity index (χ4n) is 5.77. The molecule has 182 valence electrons. The van der Waals surface area contributed by atoms with E-state index in [2.05, 4.69) is 45.0 Å². The van der Waals surface area contributed by atoms with Gasteiger partial charge < -0.3 is 9.53 Å². The van der Waals surface area contributed by atoms with Gasteiger partial charge in [-0.1, -0.05) is 118 Å². The first-order valence-corrected chi connectivity index (χ1v) is 12.6. The summed E-state index contributed by atoms with van der Waals surface area (Å²) in [5.74, 6) is 0.122. The van der Waals surface area contributed by atoms with E-state index in [0.717, 1.165) is 31.1 Å². The van der Waals surface area contributed by atoms with Gasteiger partial charge in [-0.2, -0.15) is 0 Å². The predicted molar refractivity (Wildman–Crippen MR) is 140 cm³/mol. The molecule has 35 heavy (non-hydrogen) atoms. The van der Waals surface area contributed by atoms with Crippen LogP contribution in [0.2, 0.25) is 0 Å². The Hall–Kier alpha value is -3.20. The summed E-state index contributed by atoms with van der Waals surface area (Å²) in [6, 6.07) is 27.4. The number of aldehydes is 1. The molecule has 0 N–H and O–H groups in total. The highest BCUT2D eigenvalue weighted by Crippen LogP contribution is 2.45. The number of aryl methyl sites for hydroxylation is 1. The lowest BCUT2D eigenvalue weighted by Crippen LogP contribution is -2.48. The van der Waals surface area contributed by atoms with Crippen molar-refractivity contribution in [3.8, 4) is 0 Å². The molecule has 3 aromatic carbocycles. The fraction of sp³-hybridized carbons (Fsp3) is 0.375. The van der Waals surface area contributed by atoms with Gasteiger partial charge in [0.15, 0.2) is 5.41 Å².